The highest BCUT2D eigenvalue weighted by atomic mass is 127. The Morgan fingerprint density at radius 1 is 1.38 bits per heavy atom. The van der Waals surface area contributed by atoms with Crippen molar-refractivity contribution in [1.29, 1.82) is 0 Å². The molecule has 0 saturated carbocycles. The maximum atomic E-state index is 6.26. The van der Waals surface area contributed by atoms with Crippen LogP contribution in [0.3, 0.4) is 0 Å². The van der Waals surface area contributed by atoms with E-state index in [-0.39, 0.29) is 24.0 Å². The highest BCUT2D eigenvalue weighted by molar-refractivity contribution is 14.0. The molecule has 6 nitrogen and oxygen atoms in total. The molecule has 0 atom stereocenters. The second kappa shape index (κ2) is 9.98. The van der Waals surface area contributed by atoms with Crippen LogP contribution >= 0.6 is 46.9 Å². The average molecular weight is 506 g/mol. The van der Waals surface area contributed by atoms with Gasteiger partial charge in [0.05, 0.1) is 19.3 Å². The molecule has 0 amide bonds. The molecule has 2 heterocycles. The predicted octanol–water partition coefficient (Wildman–Crippen LogP) is 3.58. The molecule has 0 aliphatic heterocycles. The third-order valence-electron chi connectivity index (χ3n) is 3.75. The van der Waals surface area contributed by atoms with Crippen molar-refractivity contribution in [3.8, 4) is 5.75 Å². The monoisotopic (exact) mass is 505 g/mol. The predicted molar refractivity (Wildman–Crippen MR) is 118 cm³/mol. The lowest BCUT2D eigenvalue weighted by Crippen LogP contribution is -2.37. The van der Waals surface area contributed by atoms with Crippen LogP contribution in [0.15, 0.2) is 41.0 Å². The lowest BCUT2D eigenvalue weighted by molar-refractivity contribution is 0.414. The molecule has 26 heavy (non-hydrogen) atoms. The third-order valence-corrected chi connectivity index (χ3v) is 4.87. The summed E-state index contributed by atoms with van der Waals surface area (Å²) in [5.41, 5.74) is 2.05. The second-order valence-corrected chi connectivity index (χ2v) is 6.67. The maximum Gasteiger partial charge on any atom is 0.193 e. The van der Waals surface area contributed by atoms with Gasteiger partial charge in [-0.15, -0.1) is 35.3 Å². The Labute approximate surface area is 178 Å². The van der Waals surface area contributed by atoms with Crippen LogP contribution in [0.4, 0.5) is 0 Å². The zero-order valence-electron chi connectivity index (χ0n) is 14.5. The minimum atomic E-state index is 0. The quantitative estimate of drug-likeness (QED) is 0.305. The summed E-state index contributed by atoms with van der Waals surface area (Å²) in [5.74, 6) is 1.50. The number of ether oxygens (including phenoxy) is 1. The summed E-state index contributed by atoms with van der Waals surface area (Å²) in [6.45, 7) is 1.35. The fraction of sp³-hybridized carbons (Fsp3) is 0.294. The van der Waals surface area contributed by atoms with Crippen LogP contribution in [-0.4, -0.2) is 36.0 Å². The Kier molecular flexibility index (Phi) is 7.98. The van der Waals surface area contributed by atoms with Gasteiger partial charge >= 0.3 is 0 Å². The van der Waals surface area contributed by atoms with E-state index in [1.165, 1.54) is 0 Å². The Bertz CT molecular complexity index is 851. The Morgan fingerprint density at radius 3 is 2.92 bits per heavy atom. The number of hydrogen-bond acceptors (Lipinski definition) is 4. The number of methoxy groups -OCH3 is 1. The number of benzene rings is 1. The van der Waals surface area contributed by atoms with E-state index in [9.17, 15) is 0 Å². The fourth-order valence-corrected chi connectivity index (χ4v) is 3.41. The number of thiazole rings is 1. The Balaban J connectivity index is 0.00000243. The van der Waals surface area contributed by atoms with Crippen LogP contribution < -0.4 is 15.4 Å². The second-order valence-electron chi connectivity index (χ2n) is 5.38. The van der Waals surface area contributed by atoms with E-state index < -0.39 is 0 Å². The minimum Gasteiger partial charge on any atom is -0.497 e. The van der Waals surface area contributed by atoms with Gasteiger partial charge in [0.2, 0.25) is 0 Å². The molecule has 3 rings (SSSR count). The molecule has 0 aliphatic carbocycles. The van der Waals surface area contributed by atoms with Crippen molar-refractivity contribution < 1.29 is 4.74 Å². The van der Waals surface area contributed by atoms with Gasteiger partial charge in [0.1, 0.15) is 5.75 Å². The maximum absolute atomic E-state index is 6.26. The molecule has 3 aromatic rings. The highest BCUT2D eigenvalue weighted by Gasteiger charge is 2.05. The van der Waals surface area contributed by atoms with Gasteiger partial charge in [-0.3, -0.25) is 9.39 Å². The average Bonchev–Trinajstić information content (AvgIpc) is 3.20. The summed E-state index contributed by atoms with van der Waals surface area (Å²) in [4.78, 5) is 9.77. The van der Waals surface area contributed by atoms with Crippen molar-refractivity contribution >= 4 is 57.8 Å². The van der Waals surface area contributed by atoms with Crippen LogP contribution in [0, 0.1) is 0 Å². The summed E-state index contributed by atoms with van der Waals surface area (Å²) in [5, 5.41) is 9.29. The summed E-state index contributed by atoms with van der Waals surface area (Å²) < 4.78 is 7.18. The molecule has 2 aromatic heterocycles. The third kappa shape index (κ3) is 5.24. The van der Waals surface area contributed by atoms with Gasteiger partial charge < -0.3 is 15.4 Å². The lowest BCUT2D eigenvalue weighted by Gasteiger charge is -2.12. The topological polar surface area (TPSA) is 63.0 Å². The van der Waals surface area contributed by atoms with E-state index in [4.69, 9.17) is 16.3 Å². The van der Waals surface area contributed by atoms with Crippen LogP contribution in [0.1, 0.15) is 11.3 Å². The first-order chi connectivity index (χ1) is 12.2. The number of hydrogen-bond donors (Lipinski definition) is 2. The van der Waals surface area contributed by atoms with Gasteiger partial charge in [0.15, 0.2) is 10.9 Å². The number of aliphatic imine (C=N–C) groups is 1. The van der Waals surface area contributed by atoms with E-state index in [2.05, 4.69) is 20.6 Å². The molecule has 0 spiro atoms. The first-order valence-electron chi connectivity index (χ1n) is 7.87. The fourth-order valence-electron chi connectivity index (χ4n) is 2.43. The number of nitrogens with one attached hydrogen (secondary N) is 2. The van der Waals surface area contributed by atoms with Gasteiger partial charge in [0.25, 0.3) is 0 Å². The zero-order chi connectivity index (χ0) is 17.6. The van der Waals surface area contributed by atoms with Crippen molar-refractivity contribution in [2.45, 2.75) is 13.0 Å². The molecule has 2 N–H and O–H groups in total. The molecular weight excluding hydrogens is 485 g/mol. The first kappa shape index (κ1) is 20.8. The molecule has 0 fully saturated rings. The standard InChI is InChI=1S/C17H20ClN5OS.HI/c1-19-16(21-10-13-11-23-7-8-25-17(23)22-13)20-6-5-12-3-4-14(24-2)9-15(12)18;/h3-4,7-9,11H,5-6,10H2,1-2H3,(H2,19,20,21);1H. The molecule has 9 heteroatoms. The number of rotatable bonds is 6. The van der Waals surface area contributed by atoms with Gasteiger partial charge in [0, 0.05) is 36.4 Å². The zero-order valence-corrected chi connectivity index (χ0v) is 18.4. The van der Waals surface area contributed by atoms with E-state index >= 15 is 0 Å². The van der Waals surface area contributed by atoms with Crippen molar-refractivity contribution in [3.63, 3.8) is 0 Å². The van der Waals surface area contributed by atoms with Crippen LogP contribution in [0.5, 0.6) is 5.75 Å². The molecule has 140 valence electrons. The van der Waals surface area contributed by atoms with Crippen molar-refractivity contribution in [3.05, 3.63) is 52.3 Å². The molecule has 0 radical (unpaired) electrons. The number of guanidine groups is 1. The molecular formula is C17H21ClIN5OS. The van der Waals surface area contributed by atoms with Crippen molar-refractivity contribution in [1.82, 2.24) is 20.0 Å². The van der Waals surface area contributed by atoms with Gasteiger partial charge in [-0.1, -0.05) is 17.7 Å². The molecule has 1 aromatic carbocycles. The van der Waals surface area contributed by atoms with Crippen LogP contribution in [0.2, 0.25) is 5.02 Å². The molecule has 0 bridgehead atoms. The summed E-state index contributed by atoms with van der Waals surface area (Å²) in [6, 6.07) is 5.73. The Hall–Kier alpha value is -1.52. The summed E-state index contributed by atoms with van der Waals surface area (Å²) in [6.07, 6.45) is 4.81. The summed E-state index contributed by atoms with van der Waals surface area (Å²) in [7, 11) is 3.38. The summed E-state index contributed by atoms with van der Waals surface area (Å²) >= 11 is 7.88. The minimum absolute atomic E-state index is 0. The van der Waals surface area contributed by atoms with E-state index in [1.54, 1.807) is 25.5 Å². The first-order valence-corrected chi connectivity index (χ1v) is 9.13. The SMILES string of the molecule is CN=C(NCCc1ccc(OC)cc1Cl)NCc1cn2ccsc2n1.I. The number of nitrogens with zero attached hydrogens (tertiary/aromatic N) is 3. The Morgan fingerprint density at radius 2 is 2.23 bits per heavy atom. The molecule has 0 saturated heterocycles. The van der Waals surface area contributed by atoms with E-state index in [1.807, 2.05) is 40.4 Å². The van der Waals surface area contributed by atoms with Gasteiger partial charge in [-0.05, 0) is 24.1 Å². The van der Waals surface area contributed by atoms with Gasteiger partial charge in [-0.2, -0.15) is 0 Å². The van der Waals surface area contributed by atoms with Crippen molar-refractivity contribution in [2.24, 2.45) is 4.99 Å². The van der Waals surface area contributed by atoms with Crippen LogP contribution in [-0.2, 0) is 13.0 Å². The smallest absolute Gasteiger partial charge is 0.193 e. The number of aromatic nitrogens is 2. The molecule has 0 unspecified atom stereocenters. The number of imidazole rings is 1. The normalized spacial score (nSPS) is 11.3. The highest BCUT2D eigenvalue weighted by Crippen LogP contribution is 2.22. The van der Waals surface area contributed by atoms with E-state index in [0.29, 0.717) is 11.6 Å². The van der Waals surface area contributed by atoms with Gasteiger partial charge in [-0.25, -0.2) is 4.98 Å². The van der Waals surface area contributed by atoms with Crippen molar-refractivity contribution in [2.75, 3.05) is 20.7 Å². The lowest BCUT2D eigenvalue weighted by atomic mass is 10.1. The van der Waals surface area contributed by atoms with Crippen LogP contribution in [0.25, 0.3) is 4.96 Å². The largest absolute Gasteiger partial charge is 0.497 e. The van der Waals surface area contributed by atoms with E-state index in [0.717, 1.165) is 40.9 Å². The number of fused-ring (bicyclic) bond motifs is 1. The number of halogens is 2. The molecule has 0 aliphatic rings.